The van der Waals surface area contributed by atoms with Gasteiger partial charge in [0, 0.05) is 6.20 Å². The largest absolute Gasteiger partial charge is 0.465 e. The van der Waals surface area contributed by atoms with E-state index in [0.717, 1.165) is 0 Å². The van der Waals surface area contributed by atoms with Crippen LogP contribution in [0.25, 0.3) is 0 Å². The van der Waals surface area contributed by atoms with Crippen molar-refractivity contribution in [3.05, 3.63) is 23.9 Å². The summed E-state index contributed by atoms with van der Waals surface area (Å²) in [6.07, 6.45) is 1.43. The van der Waals surface area contributed by atoms with Gasteiger partial charge in [0.2, 0.25) is 11.8 Å². The highest BCUT2D eigenvalue weighted by Gasteiger charge is 2.23. The molecule has 0 aromatic carbocycles. The molecule has 18 heavy (non-hydrogen) atoms. The van der Waals surface area contributed by atoms with Gasteiger partial charge in [-0.3, -0.25) is 14.9 Å². The molecule has 2 amide bonds. The number of carbonyl (C=O) groups is 3. The lowest BCUT2D eigenvalue weighted by Gasteiger charge is -2.26. The number of aromatic nitrogens is 1. The number of hydrogen-bond acceptors (Lipinski definition) is 6. The second-order valence-electron chi connectivity index (χ2n) is 3.72. The number of nitrogens with zero attached hydrogens (tertiary/aromatic N) is 2. The number of esters is 1. The minimum absolute atomic E-state index is 0.0311. The van der Waals surface area contributed by atoms with Gasteiger partial charge in [0.1, 0.15) is 5.82 Å². The zero-order valence-corrected chi connectivity index (χ0v) is 9.67. The lowest BCUT2D eigenvalue weighted by atomic mass is 10.2. The monoisotopic (exact) mass is 249 g/mol. The third kappa shape index (κ3) is 2.45. The second kappa shape index (κ2) is 4.82. The maximum absolute atomic E-state index is 11.4. The Morgan fingerprint density at radius 2 is 2.06 bits per heavy atom. The number of methoxy groups -OCH3 is 1. The van der Waals surface area contributed by atoms with Gasteiger partial charge in [-0.05, 0) is 12.1 Å². The third-order valence-corrected chi connectivity index (χ3v) is 2.44. The van der Waals surface area contributed by atoms with Gasteiger partial charge < -0.3 is 9.64 Å². The van der Waals surface area contributed by atoms with Crippen LogP contribution < -0.4 is 10.2 Å². The fourth-order valence-corrected chi connectivity index (χ4v) is 1.64. The van der Waals surface area contributed by atoms with E-state index in [1.54, 1.807) is 0 Å². The second-order valence-corrected chi connectivity index (χ2v) is 3.72. The highest BCUT2D eigenvalue weighted by molar-refractivity contribution is 6.02. The first kappa shape index (κ1) is 12.0. The van der Waals surface area contributed by atoms with Gasteiger partial charge in [0.15, 0.2) is 0 Å². The average molecular weight is 249 g/mol. The van der Waals surface area contributed by atoms with E-state index in [2.05, 4.69) is 15.0 Å². The first-order valence-electron chi connectivity index (χ1n) is 5.22. The predicted octanol–water partition coefficient (Wildman–Crippen LogP) is -0.669. The molecule has 1 aliphatic heterocycles. The highest BCUT2D eigenvalue weighted by atomic mass is 16.5. The third-order valence-electron chi connectivity index (χ3n) is 2.44. The molecule has 1 fully saturated rings. The number of amides is 2. The summed E-state index contributed by atoms with van der Waals surface area (Å²) in [6, 6.07) is 2.99. The van der Waals surface area contributed by atoms with E-state index < -0.39 is 17.8 Å². The van der Waals surface area contributed by atoms with E-state index >= 15 is 0 Å². The lowest BCUT2D eigenvalue weighted by Crippen LogP contribution is -2.51. The number of carbonyl (C=O) groups excluding carboxylic acids is 3. The minimum atomic E-state index is -0.494. The number of rotatable bonds is 2. The summed E-state index contributed by atoms with van der Waals surface area (Å²) in [5.41, 5.74) is 0.320. The first-order chi connectivity index (χ1) is 8.60. The molecule has 1 N–H and O–H groups in total. The van der Waals surface area contributed by atoms with Crippen molar-refractivity contribution in [1.29, 1.82) is 0 Å². The van der Waals surface area contributed by atoms with Crippen LogP contribution in [-0.4, -0.2) is 43.0 Å². The van der Waals surface area contributed by atoms with Crippen molar-refractivity contribution >= 4 is 23.6 Å². The van der Waals surface area contributed by atoms with Crippen LogP contribution in [0.1, 0.15) is 10.4 Å². The molecule has 1 saturated heterocycles. The van der Waals surface area contributed by atoms with E-state index in [1.807, 2.05) is 0 Å². The molecule has 0 saturated carbocycles. The van der Waals surface area contributed by atoms with Crippen LogP contribution in [0, 0.1) is 0 Å². The van der Waals surface area contributed by atoms with E-state index in [0.29, 0.717) is 11.4 Å². The SMILES string of the molecule is COC(=O)c1ccnc(N2CC(=O)NC(=O)C2)c1. The molecule has 0 spiro atoms. The number of imide groups is 1. The summed E-state index contributed by atoms with van der Waals surface area (Å²) in [7, 11) is 1.28. The van der Waals surface area contributed by atoms with Crippen LogP contribution in [0.3, 0.4) is 0 Å². The van der Waals surface area contributed by atoms with Gasteiger partial charge >= 0.3 is 5.97 Å². The van der Waals surface area contributed by atoms with Crippen molar-refractivity contribution in [1.82, 2.24) is 10.3 Å². The predicted molar refractivity (Wildman–Crippen MR) is 60.9 cm³/mol. The maximum atomic E-state index is 11.4. The first-order valence-corrected chi connectivity index (χ1v) is 5.22. The Labute approximate surface area is 103 Å². The van der Waals surface area contributed by atoms with Crippen molar-refractivity contribution in [3.8, 4) is 0 Å². The summed E-state index contributed by atoms with van der Waals surface area (Å²) in [5, 5.41) is 2.19. The van der Waals surface area contributed by atoms with E-state index in [9.17, 15) is 14.4 Å². The molecule has 0 bridgehead atoms. The Morgan fingerprint density at radius 1 is 1.39 bits per heavy atom. The number of nitrogens with one attached hydrogen (secondary N) is 1. The zero-order valence-electron chi connectivity index (χ0n) is 9.67. The summed E-state index contributed by atoms with van der Waals surface area (Å²) in [4.78, 5) is 39.4. The molecule has 0 aliphatic carbocycles. The molecular weight excluding hydrogens is 238 g/mol. The van der Waals surface area contributed by atoms with Crippen molar-refractivity contribution in [2.75, 3.05) is 25.1 Å². The summed E-state index contributed by atoms with van der Waals surface area (Å²) >= 11 is 0. The standard InChI is InChI=1S/C11H11N3O4/c1-18-11(17)7-2-3-12-8(4-7)14-5-9(15)13-10(16)6-14/h2-4H,5-6H2,1H3,(H,13,15,16). The molecule has 7 nitrogen and oxygen atoms in total. The van der Waals surface area contributed by atoms with E-state index in [-0.39, 0.29) is 13.1 Å². The van der Waals surface area contributed by atoms with Gasteiger partial charge in [-0.15, -0.1) is 0 Å². The lowest BCUT2D eigenvalue weighted by molar-refractivity contribution is -0.130. The molecule has 1 aromatic heterocycles. The molecule has 2 rings (SSSR count). The fraction of sp³-hybridized carbons (Fsp3) is 0.273. The van der Waals surface area contributed by atoms with Crippen LogP contribution in [0.15, 0.2) is 18.3 Å². The van der Waals surface area contributed by atoms with E-state index in [4.69, 9.17) is 0 Å². The summed E-state index contributed by atoms with van der Waals surface area (Å²) in [6.45, 7) is 0.0622. The Balaban J connectivity index is 2.25. The number of pyridine rings is 1. The smallest absolute Gasteiger partial charge is 0.338 e. The quantitative estimate of drug-likeness (QED) is 0.552. The van der Waals surface area contributed by atoms with E-state index in [1.165, 1.54) is 30.3 Å². The van der Waals surface area contributed by atoms with Crippen molar-refractivity contribution in [2.24, 2.45) is 0 Å². The Kier molecular flexibility index (Phi) is 3.22. The average Bonchev–Trinajstić information content (AvgIpc) is 2.37. The topological polar surface area (TPSA) is 88.6 Å². The molecule has 94 valence electrons. The minimum Gasteiger partial charge on any atom is -0.465 e. The summed E-state index contributed by atoms with van der Waals surface area (Å²) in [5.74, 6) is -0.888. The van der Waals surface area contributed by atoms with Crippen LogP contribution in [0.5, 0.6) is 0 Å². The number of anilines is 1. The van der Waals surface area contributed by atoms with Gasteiger partial charge in [-0.2, -0.15) is 0 Å². The Hall–Kier alpha value is -2.44. The molecular formula is C11H11N3O4. The molecule has 2 heterocycles. The van der Waals surface area contributed by atoms with Gasteiger partial charge in [0.05, 0.1) is 25.8 Å². The van der Waals surface area contributed by atoms with Gasteiger partial charge in [-0.1, -0.05) is 0 Å². The number of ether oxygens (including phenoxy) is 1. The highest BCUT2D eigenvalue weighted by Crippen LogP contribution is 2.14. The number of hydrogen-bond donors (Lipinski definition) is 1. The van der Waals surface area contributed by atoms with Crippen molar-refractivity contribution < 1.29 is 19.1 Å². The van der Waals surface area contributed by atoms with Crippen molar-refractivity contribution in [3.63, 3.8) is 0 Å². The maximum Gasteiger partial charge on any atom is 0.338 e. The zero-order chi connectivity index (χ0) is 13.1. The van der Waals surface area contributed by atoms with Crippen LogP contribution in [0.4, 0.5) is 5.82 Å². The van der Waals surface area contributed by atoms with Crippen molar-refractivity contribution in [2.45, 2.75) is 0 Å². The molecule has 1 aliphatic rings. The number of piperazine rings is 1. The molecule has 0 radical (unpaired) electrons. The normalized spacial score (nSPS) is 15.3. The van der Waals surface area contributed by atoms with Crippen LogP contribution in [-0.2, 0) is 14.3 Å². The van der Waals surface area contributed by atoms with Crippen LogP contribution >= 0.6 is 0 Å². The Bertz CT molecular complexity index is 499. The van der Waals surface area contributed by atoms with Gasteiger partial charge in [0.25, 0.3) is 0 Å². The molecule has 0 atom stereocenters. The summed E-state index contributed by atoms with van der Waals surface area (Å²) < 4.78 is 4.59. The molecule has 0 unspecified atom stereocenters. The van der Waals surface area contributed by atoms with Gasteiger partial charge in [-0.25, -0.2) is 9.78 Å². The molecule has 1 aromatic rings. The van der Waals surface area contributed by atoms with Crippen LogP contribution in [0.2, 0.25) is 0 Å². The molecule has 7 heteroatoms. The Morgan fingerprint density at radius 3 is 2.67 bits per heavy atom. The fourth-order valence-electron chi connectivity index (χ4n) is 1.64.